The van der Waals surface area contributed by atoms with E-state index in [0.717, 1.165) is 12.8 Å². The number of carbonyl (C=O) groups is 1. The Kier molecular flexibility index (Phi) is 6.41. The van der Waals surface area contributed by atoms with Crippen LogP contribution in [0.25, 0.3) is 0 Å². The molecule has 6 nitrogen and oxygen atoms in total. The van der Waals surface area contributed by atoms with Crippen molar-refractivity contribution in [1.82, 2.24) is 4.31 Å². The largest absolute Gasteiger partial charge is 0.483 e. The van der Waals surface area contributed by atoms with Crippen molar-refractivity contribution in [2.75, 3.05) is 25.0 Å². The van der Waals surface area contributed by atoms with Gasteiger partial charge in [-0.3, -0.25) is 4.79 Å². The Morgan fingerprint density at radius 1 is 1.15 bits per heavy atom. The molecule has 1 fully saturated rings. The molecule has 9 heteroatoms. The Balaban J connectivity index is 1.58. The summed E-state index contributed by atoms with van der Waals surface area (Å²) >= 11 is 9.18. The smallest absolute Gasteiger partial charge is 0.262 e. The number of amides is 1. The summed E-state index contributed by atoms with van der Waals surface area (Å²) in [6.45, 7) is 0.922. The molecule has 2 aromatic carbocycles. The van der Waals surface area contributed by atoms with E-state index in [0.29, 0.717) is 34.0 Å². The molecule has 1 heterocycles. The quantitative estimate of drug-likeness (QED) is 0.690. The molecule has 1 aliphatic rings. The second-order valence-corrected chi connectivity index (χ2v) is 9.28. The normalized spacial score (nSPS) is 14.9. The molecule has 0 bridgehead atoms. The molecule has 1 saturated heterocycles. The van der Waals surface area contributed by atoms with Crippen LogP contribution in [-0.2, 0) is 14.8 Å². The SMILES string of the molecule is O=C(COc1ccc(Cl)cc1Br)Nc1ccc(S(=O)(=O)N2CCCC2)cc1. The highest BCUT2D eigenvalue weighted by Crippen LogP contribution is 2.28. The average molecular weight is 474 g/mol. The van der Waals surface area contributed by atoms with Gasteiger partial charge in [0.05, 0.1) is 9.37 Å². The zero-order valence-electron chi connectivity index (χ0n) is 14.3. The van der Waals surface area contributed by atoms with E-state index in [9.17, 15) is 13.2 Å². The van der Waals surface area contributed by atoms with E-state index in [1.54, 1.807) is 30.3 Å². The molecule has 0 aromatic heterocycles. The third-order valence-corrected chi connectivity index (χ3v) is 6.86. The Labute approximate surface area is 171 Å². The summed E-state index contributed by atoms with van der Waals surface area (Å²) in [5.41, 5.74) is 0.499. The van der Waals surface area contributed by atoms with Crippen molar-refractivity contribution >= 4 is 49.1 Å². The highest BCUT2D eigenvalue weighted by molar-refractivity contribution is 9.10. The van der Waals surface area contributed by atoms with Gasteiger partial charge in [-0.1, -0.05) is 11.6 Å². The molecule has 0 saturated carbocycles. The summed E-state index contributed by atoms with van der Waals surface area (Å²) in [6.07, 6.45) is 1.77. The van der Waals surface area contributed by atoms with E-state index in [2.05, 4.69) is 21.2 Å². The summed E-state index contributed by atoms with van der Waals surface area (Å²) in [5, 5.41) is 3.24. The standard InChI is InChI=1S/C18H18BrClN2O4S/c19-16-11-13(20)3-8-17(16)26-12-18(23)21-14-4-6-15(7-5-14)27(24,25)22-9-1-2-10-22/h3-8,11H,1-2,9-10,12H2,(H,21,23). The predicted octanol–water partition coefficient (Wildman–Crippen LogP) is 3.90. The van der Waals surface area contributed by atoms with Crippen molar-refractivity contribution in [2.45, 2.75) is 17.7 Å². The van der Waals surface area contributed by atoms with Gasteiger partial charge in [0.1, 0.15) is 5.75 Å². The molecule has 2 aromatic rings. The minimum atomic E-state index is -3.46. The van der Waals surface area contributed by atoms with E-state index in [1.807, 2.05) is 0 Å². The summed E-state index contributed by atoms with van der Waals surface area (Å²) in [4.78, 5) is 12.3. The lowest BCUT2D eigenvalue weighted by molar-refractivity contribution is -0.118. The van der Waals surface area contributed by atoms with Crippen LogP contribution in [0, 0.1) is 0 Å². The number of hydrogen-bond acceptors (Lipinski definition) is 4. The van der Waals surface area contributed by atoms with Crippen molar-refractivity contribution in [2.24, 2.45) is 0 Å². The number of halogens is 2. The number of benzene rings is 2. The van der Waals surface area contributed by atoms with Gasteiger partial charge in [0.25, 0.3) is 5.91 Å². The van der Waals surface area contributed by atoms with Gasteiger partial charge in [0.15, 0.2) is 6.61 Å². The number of nitrogens with zero attached hydrogens (tertiary/aromatic N) is 1. The molecule has 0 aliphatic carbocycles. The fraction of sp³-hybridized carbons (Fsp3) is 0.278. The van der Waals surface area contributed by atoms with Gasteiger partial charge < -0.3 is 10.1 Å². The van der Waals surface area contributed by atoms with Gasteiger partial charge >= 0.3 is 0 Å². The summed E-state index contributed by atoms with van der Waals surface area (Å²) < 4.78 is 32.6. The zero-order chi connectivity index (χ0) is 19.4. The van der Waals surface area contributed by atoms with E-state index in [-0.39, 0.29) is 17.4 Å². The van der Waals surface area contributed by atoms with E-state index < -0.39 is 10.0 Å². The lowest BCUT2D eigenvalue weighted by Crippen LogP contribution is -2.27. The molecule has 0 radical (unpaired) electrons. The molecule has 1 amide bonds. The third kappa shape index (κ3) is 5.01. The van der Waals surface area contributed by atoms with Gasteiger partial charge in [-0.05, 0) is 71.2 Å². The minimum absolute atomic E-state index is 0.186. The predicted molar refractivity (Wildman–Crippen MR) is 108 cm³/mol. The van der Waals surface area contributed by atoms with Crippen LogP contribution in [0.4, 0.5) is 5.69 Å². The maximum absolute atomic E-state index is 12.5. The highest BCUT2D eigenvalue weighted by atomic mass is 79.9. The number of nitrogens with one attached hydrogen (secondary N) is 1. The number of sulfonamides is 1. The van der Waals surface area contributed by atoms with Gasteiger partial charge in [0.2, 0.25) is 10.0 Å². The first-order valence-electron chi connectivity index (χ1n) is 8.34. The Morgan fingerprint density at radius 3 is 2.44 bits per heavy atom. The fourth-order valence-corrected chi connectivity index (χ4v) is 5.03. The molecule has 27 heavy (non-hydrogen) atoms. The van der Waals surface area contributed by atoms with Crippen molar-refractivity contribution in [3.05, 3.63) is 52.0 Å². The van der Waals surface area contributed by atoms with Gasteiger partial charge in [0, 0.05) is 23.8 Å². The van der Waals surface area contributed by atoms with Gasteiger partial charge in [-0.2, -0.15) is 4.31 Å². The molecular formula is C18H18BrClN2O4S. The van der Waals surface area contributed by atoms with Crippen molar-refractivity contribution in [3.8, 4) is 5.75 Å². The van der Waals surface area contributed by atoms with Crippen LogP contribution in [0.2, 0.25) is 5.02 Å². The lowest BCUT2D eigenvalue weighted by Gasteiger charge is -2.15. The number of ether oxygens (including phenoxy) is 1. The fourth-order valence-electron chi connectivity index (χ4n) is 2.72. The topological polar surface area (TPSA) is 75.7 Å². The van der Waals surface area contributed by atoms with E-state index in [4.69, 9.17) is 16.3 Å². The van der Waals surface area contributed by atoms with Crippen molar-refractivity contribution in [1.29, 1.82) is 0 Å². The minimum Gasteiger partial charge on any atom is -0.483 e. The highest BCUT2D eigenvalue weighted by Gasteiger charge is 2.26. The maximum Gasteiger partial charge on any atom is 0.262 e. The first kappa shape index (κ1) is 20.1. The average Bonchev–Trinajstić information content (AvgIpc) is 3.17. The number of anilines is 1. The Morgan fingerprint density at radius 2 is 1.81 bits per heavy atom. The van der Waals surface area contributed by atoms with Gasteiger partial charge in [-0.25, -0.2) is 8.42 Å². The molecule has 0 atom stereocenters. The van der Waals surface area contributed by atoms with E-state index in [1.165, 1.54) is 16.4 Å². The lowest BCUT2D eigenvalue weighted by atomic mass is 10.3. The van der Waals surface area contributed by atoms with Gasteiger partial charge in [-0.15, -0.1) is 0 Å². The van der Waals surface area contributed by atoms with Crippen LogP contribution in [0.1, 0.15) is 12.8 Å². The second kappa shape index (κ2) is 8.60. The van der Waals surface area contributed by atoms with Crippen molar-refractivity contribution < 1.29 is 17.9 Å². The first-order valence-corrected chi connectivity index (χ1v) is 11.0. The summed E-state index contributed by atoms with van der Waals surface area (Å²) in [5.74, 6) is 0.147. The van der Waals surface area contributed by atoms with E-state index >= 15 is 0 Å². The van der Waals surface area contributed by atoms with Crippen LogP contribution in [0.3, 0.4) is 0 Å². The van der Waals surface area contributed by atoms with Crippen LogP contribution in [0.5, 0.6) is 5.75 Å². The monoisotopic (exact) mass is 472 g/mol. The Hall–Kier alpha value is -1.61. The molecule has 0 unspecified atom stereocenters. The first-order chi connectivity index (χ1) is 12.9. The van der Waals surface area contributed by atoms with Crippen LogP contribution >= 0.6 is 27.5 Å². The van der Waals surface area contributed by atoms with Crippen LogP contribution in [-0.4, -0.2) is 38.3 Å². The van der Waals surface area contributed by atoms with Crippen molar-refractivity contribution in [3.63, 3.8) is 0 Å². The molecule has 1 aliphatic heterocycles. The summed E-state index contributed by atoms with van der Waals surface area (Å²) in [7, 11) is -3.46. The zero-order valence-corrected chi connectivity index (χ0v) is 17.5. The second-order valence-electron chi connectivity index (χ2n) is 6.05. The molecular weight excluding hydrogens is 456 g/mol. The number of rotatable bonds is 6. The third-order valence-electron chi connectivity index (χ3n) is 4.09. The summed E-state index contributed by atoms with van der Waals surface area (Å²) in [6, 6.07) is 11.1. The molecule has 144 valence electrons. The number of carbonyl (C=O) groups excluding carboxylic acids is 1. The molecule has 0 spiro atoms. The Bertz CT molecular complexity index is 929. The van der Waals surface area contributed by atoms with Crippen LogP contribution in [0.15, 0.2) is 51.8 Å². The maximum atomic E-state index is 12.5. The van der Waals surface area contributed by atoms with Crippen LogP contribution < -0.4 is 10.1 Å². The molecule has 1 N–H and O–H groups in total. The number of hydrogen-bond donors (Lipinski definition) is 1. The molecule has 3 rings (SSSR count).